The molecule has 0 N–H and O–H groups in total. The highest BCUT2D eigenvalue weighted by Gasteiger charge is 2.18. The summed E-state index contributed by atoms with van der Waals surface area (Å²) < 4.78 is 5.28. The van der Waals surface area contributed by atoms with E-state index in [1.54, 1.807) is 7.11 Å². The summed E-state index contributed by atoms with van der Waals surface area (Å²) in [6, 6.07) is 0. The van der Waals surface area contributed by atoms with Crippen LogP contribution >= 0.6 is 0 Å². The van der Waals surface area contributed by atoms with Crippen LogP contribution in [0.25, 0.3) is 0 Å². The molecule has 1 aliphatic carbocycles. The van der Waals surface area contributed by atoms with E-state index in [0.29, 0.717) is 12.0 Å². The summed E-state index contributed by atoms with van der Waals surface area (Å²) in [6.45, 7) is 3.80. The van der Waals surface area contributed by atoms with Crippen molar-refractivity contribution in [3.63, 3.8) is 0 Å². The topological polar surface area (TPSA) is 9.23 Å². The molecule has 1 heteroatoms. The van der Waals surface area contributed by atoms with E-state index < -0.39 is 0 Å². The van der Waals surface area contributed by atoms with Gasteiger partial charge in [-0.3, -0.25) is 0 Å². The van der Waals surface area contributed by atoms with Gasteiger partial charge in [0.05, 0.1) is 6.10 Å². The van der Waals surface area contributed by atoms with Crippen molar-refractivity contribution in [1.82, 2.24) is 0 Å². The Morgan fingerprint density at radius 2 is 2.30 bits per heavy atom. The molecule has 0 aromatic carbocycles. The van der Waals surface area contributed by atoms with Crippen molar-refractivity contribution in [3.8, 4) is 0 Å². The summed E-state index contributed by atoms with van der Waals surface area (Å²) in [7, 11) is 1.80. The largest absolute Gasteiger partial charge is 0.381 e. The zero-order chi connectivity index (χ0) is 7.40. The van der Waals surface area contributed by atoms with E-state index in [9.17, 15) is 0 Å². The number of hydrogen-bond donors (Lipinski definition) is 0. The molecule has 1 rings (SSSR count). The summed E-state index contributed by atoms with van der Waals surface area (Å²) in [5.41, 5.74) is 0. The quantitative estimate of drug-likeness (QED) is 0.535. The van der Waals surface area contributed by atoms with Gasteiger partial charge in [0, 0.05) is 7.11 Å². The predicted molar refractivity (Wildman–Crippen MR) is 43.0 cm³/mol. The van der Waals surface area contributed by atoms with Gasteiger partial charge in [-0.15, -0.1) is 6.58 Å². The molecule has 0 aromatic rings. The molecule has 1 nitrogen and oxygen atoms in total. The lowest BCUT2D eigenvalue weighted by molar-refractivity contribution is 0.0590. The summed E-state index contributed by atoms with van der Waals surface area (Å²) >= 11 is 0. The minimum absolute atomic E-state index is 0.497. The molecule has 1 fully saturated rings. The first-order chi connectivity index (χ1) is 4.86. The Kier molecular flexibility index (Phi) is 2.94. The van der Waals surface area contributed by atoms with Crippen LogP contribution in [-0.4, -0.2) is 13.2 Å². The van der Waals surface area contributed by atoms with Crippen LogP contribution in [0.3, 0.4) is 0 Å². The van der Waals surface area contributed by atoms with Gasteiger partial charge in [0.25, 0.3) is 0 Å². The predicted octanol–water partition coefficient (Wildman–Crippen LogP) is 2.38. The van der Waals surface area contributed by atoms with Gasteiger partial charge in [0.1, 0.15) is 0 Å². The Bertz CT molecular complexity index is 109. The van der Waals surface area contributed by atoms with Crippen LogP contribution < -0.4 is 0 Å². The number of rotatable bonds is 2. The van der Waals surface area contributed by atoms with Crippen molar-refractivity contribution in [3.05, 3.63) is 12.7 Å². The molecule has 0 saturated heterocycles. The normalized spacial score (nSPS) is 33.7. The number of methoxy groups -OCH3 is 1. The zero-order valence-corrected chi connectivity index (χ0v) is 6.68. The first kappa shape index (κ1) is 7.80. The molecule has 0 amide bonds. The van der Waals surface area contributed by atoms with Gasteiger partial charge >= 0.3 is 0 Å². The van der Waals surface area contributed by atoms with Crippen LogP contribution in [-0.2, 0) is 4.74 Å². The molecule has 1 saturated carbocycles. The third kappa shape index (κ3) is 1.84. The van der Waals surface area contributed by atoms with Gasteiger partial charge in [-0.05, 0) is 25.2 Å². The van der Waals surface area contributed by atoms with Gasteiger partial charge in [-0.25, -0.2) is 0 Å². The highest BCUT2D eigenvalue weighted by molar-refractivity contribution is 4.84. The fraction of sp³-hybridized carbons (Fsp3) is 0.778. The first-order valence-electron chi connectivity index (χ1n) is 4.02. The van der Waals surface area contributed by atoms with Crippen molar-refractivity contribution in [2.45, 2.75) is 31.8 Å². The minimum atomic E-state index is 0.497. The average molecular weight is 140 g/mol. The minimum Gasteiger partial charge on any atom is -0.381 e. The third-order valence-corrected chi connectivity index (χ3v) is 2.33. The van der Waals surface area contributed by atoms with Gasteiger partial charge in [-0.2, -0.15) is 0 Å². The first-order valence-corrected chi connectivity index (χ1v) is 4.02. The van der Waals surface area contributed by atoms with Crippen LogP contribution in [0.5, 0.6) is 0 Å². The molecule has 0 radical (unpaired) electrons. The number of allylic oxidation sites excluding steroid dienone is 1. The lowest BCUT2D eigenvalue weighted by Crippen LogP contribution is -2.20. The smallest absolute Gasteiger partial charge is 0.0577 e. The molecule has 2 atom stereocenters. The lowest BCUT2D eigenvalue weighted by atomic mass is 9.87. The van der Waals surface area contributed by atoms with E-state index in [0.717, 1.165) is 0 Å². The SMILES string of the molecule is C=C[C@H]1CCC[C@H](OC)C1. The molecule has 0 unspecified atom stereocenters. The van der Waals surface area contributed by atoms with Crippen molar-refractivity contribution >= 4 is 0 Å². The third-order valence-electron chi connectivity index (χ3n) is 2.33. The monoisotopic (exact) mass is 140 g/mol. The molecule has 0 heterocycles. The summed E-state index contributed by atoms with van der Waals surface area (Å²) in [5.74, 6) is 0.707. The molecule has 10 heavy (non-hydrogen) atoms. The highest BCUT2D eigenvalue weighted by Crippen LogP contribution is 2.26. The zero-order valence-electron chi connectivity index (χ0n) is 6.68. The lowest BCUT2D eigenvalue weighted by Gasteiger charge is -2.25. The Morgan fingerprint density at radius 1 is 1.50 bits per heavy atom. The second kappa shape index (κ2) is 3.77. The van der Waals surface area contributed by atoms with E-state index in [4.69, 9.17) is 4.74 Å². The summed E-state index contributed by atoms with van der Waals surface area (Å²) in [4.78, 5) is 0. The van der Waals surface area contributed by atoms with E-state index in [-0.39, 0.29) is 0 Å². The Labute approximate surface area is 63.1 Å². The van der Waals surface area contributed by atoms with Crippen LogP contribution in [0.4, 0.5) is 0 Å². The Hall–Kier alpha value is -0.300. The highest BCUT2D eigenvalue weighted by atomic mass is 16.5. The van der Waals surface area contributed by atoms with Crippen LogP contribution in [0.1, 0.15) is 25.7 Å². The molecule has 0 aliphatic heterocycles. The second-order valence-electron chi connectivity index (χ2n) is 3.02. The molecule has 0 bridgehead atoms. The fourth-order valence-electron chi connectivity index (χ4n) is 1.61. The standard InChI is InChI=1S/C9H16O/c1-3-8-5-4-6-9(7-8)10-2/h3,8-9H,1,4-7H2,2H3/t8-,9-/m0/s1. The van der Waals surface area contributed by atoms with E-state index in [2.05, 4.69) is 12.7 Å². The van der Waals surface area contributed by atoms with Gasteiger partial charge in [0.15, 0.2) is 0 Å². The van der Waals surface area contributed by atoms with Crippen LogP contribution in [0.15, 0.2) is 12.7 Å². The summed E-state index contributed by atoms with van der Waals surface area (Å²) in [6.07, 6.45) is 7.58. The number of ether oxygens (including phenoxy) is 1. The van der Waals surface area contributed by atoms with Crippen molar-refractivity contribution < 1.29 is 4.74 Å². The molecular weight excluding hydrogens is 124 g/mol. The van der Waals surface area contributed by atoms with Gasteiger partial charge in [0.2, 0.25) is 0 Å². The van der Waals surface area contributed by atoms with E-state index in [1.165, 1.54) is 25.7 Å². The molecule has 0 spiro atoms. The van der Waals surface area contributed by atoms with Gasteiger partial charge in [-0.1, -0.05) is 12.5 Å². The maximum Gasteiger partial charge on any atom is 0.0577 e. The molecule has 58 valence electrons. The maximum atomic E-state index is 5.28. The maximum absolute atomic E-state index is 5.28. The van der Waals surface area contributed by atoms with E-state index >= 15 is 0 Å². The average Bonchev–Trinajstić information content (AvgIpc) is 2.05. The molecular formula is C9H16O. The fourth-order valence-corrected chi connectivity index (χ4v) is 1.61. The molecule has 0 aromatic heterocycles. The van der Waals surface area contributed by atoms with E-state index in [1.807, 2.05) is 0 Å². The van der Waals surface area contributed by atoms with Crippen molar-refractivity contribution in [1.29, 1.82) is 0 Å². The Morgan fingerprint density at radius 3 is 2.90 bits per heavy atom. The molecule has 1 aliphatic rings. The van der Waals surface area contributed by atoms with Crippen molar-refractivity contribution in [2.24, 2.45) is 5.92 Å². The number of hydrogen-bond acceptors (Lipinski definition) is 1. The van der Waals surface area contributed by atoms with Crippen LogP contribution in [0.2, 0.25) is 0 Å². The van der Waals surface area contributed by atoms with Gasteiger partial charge < -0.3 is 4.74 Å². The second-order valence-corrected chi connectivity index (χ2v) is 3.02. The van der Waals surface area contributed by atoms with Crippen LogP contribution in [0, 0.1) is 5.92 Å². The van der Waals surface area contributed by atoms with Crippen molar-refractivity contribution in [2.75, 3.05) is 7.11 Å². The summed E-state index contributed by atoms with van der Waals surface area (Å²) in [5, 5.41) is 0. The Balaban J connectivity index is 2.31.